The summed E-state index contributed by atoms with van der Waals surface area (Å²) in [6.07, 6.45) is 0. The fourth-order valence-corrected chi connectivity index (χ4v) is 2.16. The van der Waals surface area contributed by atoms with Gasteiger partial charge in [0.1, 0.15) is 0 Å². The van der Waals surface area contributed by atoms with Gasteiger partial charge in [0, 0.05) is 23.4 Å². The summed E-state index contributed by atoms with van der Waals surface area (Å²) in [5.41, 5.74) is 2.91. The van der Waals surface area contributed by atoms with Gasteiger partial charge in [-0.25, -0.2) is 5.43 Å². The van der Waals surface area contributed by atoms with Crippen molar-refractivity contribution in [3.8, 4) is 0 Å². The Bertz CT molecular complexity index is 638. The number of benzene rings is 1. The minimum atomic E-state index is -0.554. The van der Waals surface area contributed by atoms with Crippen LogP contribution in [0.5, 0.6) is 0 Å². The second kappa shape index (κ2) is 8.76. The van der Waals surface area contributed by atoms with Gasteiger partial charge in [0.2, 0.25) is 0 Å². The Labute approximate surface area is 140 Å². The highest BCUT2D eigenvalue weighted by Crippen LogP contribution is 2.15. The predicted octanol–water partition coefficient (Wildman–Crippen LogP) is 2.54. The number of esters is 1. The molecule has 0 aliphatic rings. The van der Waals surface area contributed by atoms with Crippen molar-refractivity contribution in [1.29, 1.82) is 0 Å². The lowest BCUT2D eigenvalue weighted by Crippen LogP contribution is -2.31. The number of carbonyl (C=O) groups excluding carboxylic acids is 2. The fourth-order valence-electron chi connectivity index (χ4n) is 2.16. The molecule has 0 heterocycles. The Morgan fingerprint density at radius 1 is 1.29 bits per heavy atom. The average Bonchev–Trinajstić information content (AvgIpc) is 2.52. The average molecular weight is 335 g/mol. The van der Waals surface area contributed by atoms with Gasteiger partial charge >= 0.3 is 5.97 Å². The van der Waals surface area contributed by atoms with Crippen LogP contribution in [0.3, 0.4) is 0 Å². The minimum absolute atomic E-state index is 0.0379. The Morgan fingerprint density at radius 2 is 1.88 bits per heavy atom. The molecular formula is C16H21N3O5. The van der Waals surface area contributed by atoms with Gasteiger partial charge in [0.25, 0.3) is 11.6 Å². The maximum atomic E-state index is 12.0. The number of nitrogens with one attached hydrogen (secondary N) is 1. The van der Waals surface area contributed by atoms with Crippen molar-refractivity contribution in [2.24, 2.45) is 16.9 Å². The van der Waals surface area contributed by atoms with Crippen molar-refractivity contribution >= 4 is 23.3 Å². The molecule has 1 aromatic carbocycles. The molecule has 0 saturated carbocycles. The zero-order chi connectivity index (χ0) is 18.3. The van der Waals surface area contributed by atoms with Crippen LogP contribution < -0.4 is 5.43 Å². The second-order valence-corrected chi connectivity index (χ2v) is 5.47. The first-order chi connectivity index (χ1) is 11.3. The van der Waals surface area contributed by atoms with E-state index in [-0.39, 0.29) is 23.8 Å². The summed E-state index contributed by atoms with van der Waals surface area (Å²) in [6.45, 7) is 7.35. The Morgan fingerprint density at radius 3 is 2.33 bits per heavy atom. The van der Waals surface area contributed by atoms with E-state index in [2.05, 4.69) is 10.5 Å². The molecule has 0 bridgehead atoms. The maximum Gasteiger partial charge on any atom is 0.314 e. The van der Waals surface area contributed by atoms with Gasteiger partial charge in [-0.2, -0.15) is 5.10 Å². The number of non-ortho nitro benzene ring substituents is 1. The van der Waals surface area contributed by atoms with Crippen molar-refractivity contribution in [3.63, 3.8) is 0 Å². The van der Waals surface area contributed by atoms with E-state index in [0.717, 1.165) is 0 Å². The van der Waals surface area contributed by atoms with E-state index in [0.29, 0.717) is 5.71 Å². The van der Waals surface area contributed by atoms with Gasteiger partial charge in [0.05, 0.1) is 17.4 Å². The normalized spacial score (nSPS) is 12.6. The molecule has 0 saturated heterocycles. The number of amides is 1. The number of nitrogens with zero attached hydrogens (tertiary/aromatic N) is 2. The van der Waals surface area contributed by atoms with Gasteiger partial charge in [0.15, 0.2) is 0 Å². The molecule has 8 nitrogen and oxygen atoms in total. The second-order valence-electron chi connectivity index (χ2n) is 5.47. The fraction of sp³-hybridized carbons (Fsp3) is 0.438. The first-order valence-electron chi connectivity index (χ1n) is 7.53. The molecule has 0 radical (unpaired) electrons. The topological polar surface area (TPSA) is 111 Å². The Hall–Kier alpha value is -2.77. The van der Waals surface area contributed by atoms with E-state index in [1.165, 1.54) is 24.3 Å². The number of hydrazone groups is 1. The molecule has 8 heteroatoms. The molecule has 1 atom stereocenters. The molecule has 0 fully saturated rings. The molecular weight excluding hydrogens is 314 g/mol. The molecule has 1 aromatic rings. The number of hydrogen-bond donors (Lipinski definition) is 1. The summed E-state index contributed by atoms with van der Waals surface area (Å²) >= 11 is 0. The summed E-state index contributed by atoms with van der Waals surface area (Å²) < 4.78 is 5.02. The zero-order valence-corrected chi connectivity index (χ0v) is 14.1. The quantitative estimate of drug-likeness (QED) is 0.356. The summed E-state index contributed by atoms with van der Waals surface area (Å²) in [4.78, 5) is 34.0. The first kappa shape index (κ1) is 19.3. The van der Waals surface area contributed by atoms with Crippen LogP contribution in [-0.4, -0.2) is 29.1 Å². The van der Waals surface area contributed by atoms with Crippen molar-refractivity contribution in [1.82, 2.24) is 5.43 Å². The summed E-state index contributed by atoms with van der Waals surface area (Å²) in [6, 6.07) is 5.15. The van der Waals surface area contributed by atoms with E-state index in [1.54, 1.807) is 13.8 Å². The highest BCUT2D eigenvalue weighted by molar-refractivity contribution is 6.02. The van der Waals surface area contributed by atoms with Gasteiger partial charge in [-0.05, 0) is 31.9 Å². The predicted molar refractivity (Wildman–Crippen MR) is 88.6 cm³/mol. The Balaban J connectivity index is 2.83. The molecule has 1 unspecified atom stereocenters. The van der Waals surface area contributed by atoms with E-state index in [9.17, 15) is 19.7 Å². The lowest BCUT2D eigenvalue weighted by Gasteiger charge is -2.18. The maximum absolute atomic E-state index is 12.0. The molecule has 24 heavy (non-hydrogen) atoms. The smallest absolute Gasteiger partial charge is 0.314 e. The SMILES string of the molecule is CCOC(=O)C(C(C)=NNC(=O)c1ccc([N+](=O)[O-])cc1)C(C)C. The van der Waals surface area contributed by atoms with Gasteiger partial charge < -0.3 is 4.74 Å². The van der Waals surface area contributed by atoms with Crippen molar-refractivity contribution in [2.45, 2.75) is 27.7 Å². The van der Waals surface area contributed by atoms with E-state index in [1.807, 2.05) is 13.8 Å². The molecule has 0 spiro atoms. The third kappa shape index (κ3) is 5.15. The number of hydrogen-bond acceptors (Lipinski definition) is 6. The first-order valence-corrected chi connectivity index (χ1v) is 7.53. The summed E-state index contributed by atoms with van der Waals surface area (Å²) in [5.74, 6) is -1.50. The highest BCUT2D eigenvalue weighted by atomic mass is 16.6. The van der Waals surface area contributed by atoms with Crippen molar-refractivity contribution in [2.75, 3.05) is 6.61 Å². The number of ether oxygens (including phenoxy) is 1. The molecule has 0 aliphatic heterocycles. The van der Waals surface area contributed by atoms with Crippen LogP contribution in [0.4, 0.5) is 5.69 Å². The van der Waals surface area contributed by atoms with Crippen LogP contribution in [0.25, 0.3) is 0 Å². The molecule has 0 aromatic heterocycles. The van der Waals surface area contributed by atoms with Gasteiger partial charge in [-0.1, -0.05) is 13.8 Å². The Kier molecular flexibility index (Phi) is 7.03. The van der Waals surface area contributed by atoms with E-state index in [4.69, 9.17) is 4.74 Å². The molecule has 130 valence electrons. The van der Waals surface area contributed by atoms with Gasteiger partial charge in [-0.3, -0.25) is 19.7 Å². The monoisotopic (exact) mass is 335 g/mol. The molecule has 0 aliphatic carbocycles. The largest absolute Gasteiger partial charge is 0.465 e. The lowest BCUT2D eigenvalue weighted by molar-refractivity contribution is -0.384. The molecule has 1 N–H and O–H groups in total. The lowest BCUT2D eigenvalue weighted by atomic mass is 9.92. The third-order valence-corrected chi connectivity index (χ3v) is 3.33. The highest BCUT2D eigenvalue weighted by Gasteiger charge is 2.26. The summed E-state index contributed by atoms with van der Waals surface area (Å²) in [5, 5.41) is 14.6. The third-order valence-electron chi connectivity index (χ3n) is 3.33. The van der Waals surface area contributed by atoms with Crippen LogP contribution >= 0.6 is 0 Å². The van der Waals surface area contributed by atoms with E-state index >= 15 is 0 Å². The minimum Gasteiger partial charge on any atom is -0.465 e. The standard InChI is InChI=1S/C16H21N3O5/c1-5-24-16(21)14(10(2)3)11(4)17-18-15(20)12-6-8-13(9-7-12)19(22)23/h6-10,14H,5H2,1-4H3,(H,18,20). The van der Waals surface area contributed by atoms with Crippen LogP contribution in [0, 0.1) is 22.0 Å². The molecule has 1 rings (SSSR count). The van der Waals surface area contributed by atoms with Crippen LogP contribution in [0.15, 0.2) is 29.4 Å². The van der Waals surface area contributed by atoms with Gasteiger partial charge in [-0.15, -0.1) is 0 Å². The van der Waals surface area contributed by atoms with Crippen molar-refractivity contribution in [3.05, 3.63) is 39.9 Å². The van der Waals surface area contributed by atoms with Crippen LogP contribution in [0.1, 0.15) is 38.1 Å². The number of rotatable bonds is 7. The number of nitro benzene ring substituents is 1. The van der Waals surface area contributed by atoms with Crippen LogP contribution in [-0.2, 0) is 9.53 Å². The number of nitro groups is 1. The zero-order valence-electron chi connectivity index (χ0n) is 14.1. The van der Waals surface area contributed by atoms with Crippen LogP contribution in [0.2, 0.25) is 0 Å². The summed E-state index contributed by atoms with van der Waals surface area (Å²) in [7, 11) is 0. The van der Waals surface area contributed by atoms with E-state index < -0.39 is 22.7 Å². The van der Waals surface area contributed by atoms with Crippen molar-refractivity contribution < 1.29 is 19.2 Å². The number of carbonyl (C=O) groups is 2. The molecule has 1 amide bonds.